The number of esters is 3. The molecular formula is C109H184O16P2. The molecule has 726 valence electrons. The van der Waals surface area contributed by atoms with E-state index in [2.05, 4.69) is 215 Å². The van der Waals surface area contributed by atoms with Crippen LogP contribution in [0.1, 0.15) is 419 Å². The zero-order valence-electron chi connectivity index (χ0n) is 80.4. The number of unbranched alkanes of at least 4 members (excludes halogenated alkanes) is 40. The lowest BCUT2D eigenvalue weighted by atomic mass is 10.0. The standard InChI is InChI=1S/C109H184O16P2/c1-4-7-10-13-16-19-22-25-28-31-34-37-40-42-44-46-48-50-51-53-55-56-58-60-63-65-68-71-74-77-80-83-86-89-92-95-107(112)119-98-104(110)99-121-126(115,116)122-100-105(111)101-123-127(117,118)124-103-106(125-109(114)97-94-91-88-85-82-79-76-73-70-67-62-39-36-33-30-27-24-21-18-15-12-9-6-3)102-120-108(113)96-93-90-87-84-81-78-75-72-69-66-64-61-59-57-54-52-49-47-45-43-41-38-35-32-29-26-23-20-17-14-11-8-5-2/h7-12,16-21,25-30,34-39,42-45,49,52,67,70,104-106,110-111H,4-6,13-15,22-24,31-33,40-41,46-48,50-51,53-66,68-69,71-103H2,1-3H3,(H,115,116)(H,117,118)/b10-7-,11-8-,12-9-,19-16-,20-17-,21-18-,28-25-,29-26-,30-27-,37-34-,38-35-,39-36-,44-42-,45-43-,52-49-,70-67-. The lowest BCUT2D eigenvalue weighted by molar-refractivity contribution is -0.161. The Bertz CT molecular complexity index is 3090. The fourth-order valence-electron chi connectivity index (χ4n) is 13.8. The van der Waals surface area contributed by atoms with Crippen molar-refractivity contribution in [2.24, 2.45) is 0 Å². The molecule has 0 aromatic carbocycles. The van der Waals surface area contributed by atoms with Gasteiger partial charge >= 0.3 is 33.6 Å². The van der Waals surface area contributed by atoms with E-state index in [9.17, 15) is 43.5 Å². The first-order valence-electron chi connectivity index (χ1n) is 50.7. The Balaban J connectivity index is 4.56. The smallest absolute Gasteiger partial charge is 0.463 e. The van der Waals surface area contributed by atoms with Crippen LogP contribution in [0.25, 0.3) is 0 Å². The Morgan fingerprint density at radius 2 is 0.394 bits per heavy atom. The van der Waals surface area contributed by atoms with Gasteiger partial charge in [0, 0.05) is 19.3 Å². The lowest BCUT2D eigenvalue weighted by Gasteiger charge is -2.21. The quantitative estimate of drug-likeness (QED) is 0.0146. The third kappa shape index (κ3) is 101. The number of hydrogen-bond donors (Lipinski definition) is 4. The van der Waals surface area contributed by atoms with Crippen LogP contribution in [-0.2, 0) is 55.8 Å². The molecule has 0 aliphatic carbocycles. The second kappa shape index (κ2) is 99.4. The number of rotatable bonds is 95. The second-order valence-corrected chi connectivity index (χ2v) is 36.4. The minimum Gasteiger partial charge on any atom is -0.463 e. The van der Waals surface area contributed by atoms with Gasteiger partial charge in [-0.25, -0.2) is 9.13 Å². The Morgan fingerprint density at radius 1 is 0.220 bits per heavy atom. The van der Waals surface area contributed by atoms with Crippen LogP contribution in [0, 0.1) is 0 Å². The number of phosphoric acid groups is 2. The molecule has 0 fully saturated rings. The number of phosphoric ester groups is 2. The summed E-state index contributed by atoms with van der Waals surface area (Å²) in [7, 11) is -9.82. The van der Waals surface area contributed by atoms with E-state index in [0.29, 0.717) is 19.3 Å². The molecule has 0 saturated heterocycles. The fourth-order valence-corrected chi connectivity index (χ4v) is 15.3. The largest absolute Gasteiger partial charge is 0.472 e. The number of carbonyl (C=O) groups is 3. The monoisotopic (exact) mass is 1810 g/mol. The molecule has 0 bridgehead atoms. The molecule has 0 radical (unpaired) electrons. The van der Waals surface area contributed by atoms with Crippen LogP contribution in [-0.4, -0.2) is 95.9 Å². The summed E-state index contributed by atoms with van der Waals surface area (Å²) in [5, 5.41) is 20.8. The fraction of sp³-hybridized carbons (Fsp3) is 0.679. The minimum atomic E-state index is -4.95. The number of aliphatic hydroxyl groups excluding tert-OH is 2. The topological polar surface area (TPSA) is 231 Å². The number of hydrogen-bond acceptors (Lipinski definition) is 14. The third-order valence-corrected chi connectivity index (χ3v) is 23.2. The van der Waals surface area contributed by atoms with E-state index in [0.717, 1.165) is 199 Å². The molecule has 0 aromatic heterocycles. The molecule has 0 heterocycles. The molecule has 4 N–H and O–H groups in total. The summed E-state index contributed by atoms with van der Waals surface area (Å²) in [5.41, 5.74) is 0. The maximum atomic E-state index is 13.1. The Kier molecular flexibility index (Phi) is 95.0. The molecule has 5 unspecified atom stereocenters. The molecule has 0 amide bonds. The molecule has 0 spiro atoms. The Hall–Kier alpha value is -5.61. The molecule has 127 heavy (non-hydrogen) atoms. The van der Waals surface area contributed by atoms with Gasteiger partial charge in [-0.15, -0.1) is 0 Å². The molecule has 0 aliphatic rings. The van der Waals surface area contributed by atoms with Crippen LogP contribution in [0.3, 0.4) is 0 Å². The second-order valence-electron chi connectivity index (χ2n) is 33.5. The maximum Gasteiger partial charge on any atom is 0.472 e. The molecule has 5 atom stereocenters. The summed E-state index contributed by atoms with van der Waals surface area (Å²) in [5.74, 6) is -1.58. The van der Waals surface area contributed by atoms with Crippen LogP contribution in [0.15, 0.2) is 194 Å². The average molecular weight is 1810 g/mol. The lowest BCUT2D eigenvalue weighted by Crippen LogP contribution is -2.30. The van der Waals surface area contributed by atoms with Crippen LogP contribution in [0.5, 0.6) is 0 Å². The van der Waals surface area contributed by atoms with Crippen molar-refractivity contribution in [3.63, 3.8) is 0 Å². The summed E-state index contributed by atoms with van der Waals surface area (Å²) >= 11 is 0. The summed E-state index contributed by atoms with van der Waals surface area (Å²) in [4.78, 5) is 59.2. The highest BCUT2D eigenvalue weighted by molar-refractivity contribution is 7.47. The first-order chi connectivity index (χ1) is 62.2. The summed E-state index contributed by atoms with van der Waals surface area (Å²) < 4.78 is 61.7. The normalized spacial score (nSPS) is 14.5. The highest BCUT2D eigenvalue weighted by atomic mass is 31.2. The zero-order valence-corrected chi connectivity index (χ0v) is 82.2. The number of ether oxygens (including phenoxy) is 3. The van der Waals surface area contributed by atoms with Gasteiger partial charge in [0.1, 0.15) is 25.4 Å². The predicted octanol–water partition coefficient (Wildman–Crippen LogP) is 32.1. The van der Waals surface area contributed by atoms with Gasteiger partial charge in [0.05, 0.1) is 26.4 Å². The van der Waals surface area contributed by atoms with Crippen molar-refractivity contribution < 1.29 is 75.8 Å². The van der Waals surface area contributed by atoms with Gasteiger partial charge < -0.3 is 34.2 Å². The molecule has 0 saturated carbocycles. The number of aliphatic hydroxyl groups is 2. The maximum absolute atomic E-state index is 13.1. The third-order valence-electron chi connectivity index (χ3n) is 21.3. The van der Waals surface area contributed by atoms with Gasteiger partial charge in [-0.1, -0.05) is 434 Å². The highest BCUT2D eigenvalue weighted by Crippen LogP contribution is 2.45. The average Bonchev–Trinajstić information content (AvgIpc) is 0.900. The van der Waals surface area contributed by atoms with Crippen LogP contribution in [0.2, 0.25) is 0 Å². The molecule has 0 rings (SSSR count). The van der Waals surface area contributed by atoms with Crippen molar-refractivity contribution >= 4 is 33.6 Å². The summed E-state index contributed by atoms with van der Waals surface area (Å²) in [6, 6.07) is 0. The van der Waals surface area contributed by atoms with E-state index < -0.39 is 91.5 Å². The van der Waals surface area contributed by atoms with Crippen molar-refractivity contribution in [2.45, 2.75) is 437 Å². The Labute approximate surface area is 776 Å². The van der Waals surface area contributed by atoms with Crippen molar-refractivity contribution in [1.82, 2.24) is 0 Å². The van der Waals surface area contributed by atoms with E-state index in [1.807, 2.05) is 0 Å². The molecule has 0 aliphatic heterocycles. The minimum absolute atomic E-state index is 0.0870. The summed E-state index contributed by atoms with van der Waals surface area (Å²) in [6.07, 6.45) is 134. The van der Waals surface area contributed by atoms with Crippen molar-refractivity contribution in [3.8, 4) is 0 Å². The molecule has 18 heteroatoms. The van der Waals surface area contributed by atoms with E-state index in [1.54, 1.807) is 0 Å². The van der Waals surface area contributed by atoms with Crippen molar-refractivity contribution in [1.29, 1.82) is 0 Å². The van der Waals surface area contributed by atoms with Gasteiger partial charge in [0.2, 0.25) is 0 Å². The van der Waals surface area contributed by atoms with E-state index in [4.69, 9.17) is 32.3 Å². The number of allylic oxidation sites excluding steroid dienone is 32. The predicted molar refractivity (Wildman–Crippen MR) is 537 cm³/mol. The van der Waals surface area contributed by atoms with Gasteiger partial charge in [0.15, 0.2) is 6.10 Å². The van der Waals surface area contributed by atoms with Crippen LogP contribution >= 0.6 is 15.6 Å². The zero-order chi connectivity index (χ0) is 92.1. The van der Waals surface area contributed by atoms with Gasteiger partial charge in [-0.3, -0.25) is 32.5 Å². The van der Waals surface area contributed by atoms with Crippen LogP contribution < -0.4 is 0 Å². The molecule has 16 nitrogen and oxygen atoms in total. The van der Waals surface area contributed by atoms with Crippen molar-refractivity contribution in [2.75, 3.05) is 39.6 Å². The van der Waals surface area contributed by atoms with E-state index >= 15 is 0 Å². The first-order valence-corrected chi connectivity index (χ1v) is 53.7. The van der Waals surface area contributed by atoms with E-state index in [-0.39, 0.29) is 19.3 Å². The molecular weight excluding hydrogens is 1630 g/mol. The SMILES string of the molecule is CC/C=C\C/C=C\C/C=C\C/C=C\C/C=C\C/C=C\CCCCCCCCCCCCCCCCC(=O)OCC(COP(=O)(O)OCC(O)COP(=O)(O)OCC(O)COC(=O)CCCCCCCCCCCCCCCCCCCCC/C=C\C/C=C\C/C=C\C/C=C\C/C=C\CC)OC(=O)CCCCCCCCC/C=C\C/C=C\C/C=C\C/C=C\C/C=C\CC. The van der Waals surface area contributed by atoms with Gasteiger partial charge in [-0.2, -0.15) is 0 Å². The highest BCUT2D eigenvalue weighted by Gasteiger charge is 2.30. The molecule has 0 aromatic rings. The Morgan fingerprint density at radius 3 is 0.622 bits per heavy atom. The first kappa shape index (κ1) is 121. The number of carbonyl (C=O) groups excluding carboxylic acids is 3. The van der Waals surface area contributed by atoms with E-state index in [1.165, 1.54) is 161 Å². The van der Waals surface area contributed by atoms with Crippen LogP contribution in [0.4, 0.5) is 0 Å². The van der Waals surface area contributed by atoms with Gasteiger partial charge in [-0.05, 0) is 161 Å². The van der Waals surface area contributed by atoms with Crippen molar-refractivity contribution in [3.05, 3.63) is 194 Å². The summed E-state index contributed by atoms with van der Waals surface area (Å²) in [6.45, 7) is 2.39. The van der Waals surface area contributed by atoms with Gasteiger partial charge in [0.25, 0.3) is 0 Å².